The second-order valence-corrected chi connectivity index (χ2v) is 2.81. The third-order valence-electron chi connectivity index (χ3n) is 1.96. The van der Waals surface area contributed by atoms with E-state index >= 15 is 0 Å². The highest BCUT2D eigenvalue weighted by Crippen LogP contribution is 2.09. The Morgan fingerprint density at radius 3 is 2.07 bits per heavy atom. The molecule has 2 N–H and O–H groups in total. The maximum Gasteiger partial charge on any atom is 0.0444 e. The van der Waals surface area contributed by atoms with Crippen molar-refractivity contribution in [1.29, 1.82) is 0 Å². The molecule has 0 aliphatic carbocycles. The normalized spacial score (nSPS) is 11.4. The summed E-state index contributed by atoms with van der Waals surface area (Å²) in [7, 11) is 3.95. The maximum absolute atomic E-state index is 3.26. The number of hydrogen-bond donors (Lipinski definition) is 2. The first-order valence-corrected chi connectivity index (χ1v) is 5.25. The van der Waals surface area contributed by atoms with Gasteiger partial charge in [0.25, 0.3) is 0 Å². The highest BCUT2D eigenvalue weighted by atomic mass is 14.9. The molecular weight excluding hydrogens is 172 g/mol. The molecule has 1 aromatic carbocycles. The van der Waals surface area contributed by atoms with Gasteiger partial charge in [0.1, 0.15) is 0 Å². The summed E-state index contributed by atoms with van der Waals surface area (Å²) in [5.41, 5.74) is 1.33. The van der Waals surface area contributed by atoms with E-state index < -0.39 is 0 Å². The molecular formula is C12H22N2. The van der Waals surface area contributed by atoms with E-state index in [0.29, 0.717) is 6.04 Å². The van der Waals surface area contributed by atoms with E-state index in [1.165, 1.54) is 5.56 Å². The third kappa shape index (κ3) is 4.40. The third-order valence-corrected chi connectivity index (χ3v) is 1.96. The molecule has 0 bridgehead atoms. The topological polar surface area (TPSA) is 24.1 Å². The number of benzene rings is 1. The Bertz CT molecular complexity index is 209. The molecule has 0 aromatic heterocycles. The minimum absolute atomic E-state index is 0.413. The van der Waals surface area contributed by atoms with Crippen molar-refractivity contribution in [1.82, 2.24) is 10.6 Å². The summed E-state index contributed by atoms with van der Waals surface area (Å²) in [6, 6.07) is 10.9. The van der Waals surface area contributed by atoms with Gasteiger partial charge in [0, 0.05) is 12.6 Å². The summed E-state index contributed by atoms with van der Waals surface area (Å²) in [5.74, 6) is 0. The van der Waals surface area contributed by atoms with Crippen LogP contribution >= 0.6 is 0 Å². The zero-order valence-corrected chi connectivity index (χ0v) is 9.67. The van der Waals surface area contributed by atoms with E-state index in [1.54, 1.807) is 0 Å². The first-order valence-electron chi connectivity index (χ1n) is 5.25. The monoisotopic (exact) mass is 194 g/mol. The zero-order chi connectivity index (χ0) is 10.8. The smallest absolute Gasteiger partial charge is 0.0444 e. The quantitative estimate of drug-likeness (QED) is 0.768. The number of hydrogen-bond acceptors (Lipinski definition) is 2. The zero-order valence-electron chi connectivity index (χ0n) is 9.67. The molecule has 14 heavy (non-hydrogen) atoms. The Morgan fingerprint density at radius 1 is 1.07 bits per heavy atom. The van der Waals surface area contributed by atoms with Gasteiger partial charge in [0.2, 0.25) is 0 Å². The summed E-state index contributed by atoms with van der Waals surface area (Å²) in [6.07, 6.45) is 0. The summed E-state index contributed by atoms with van der Waals surface area (Å²) in [4.78, 5) is 0. The van der Waals surface area contributed by atoms with Gasteiger partial charge in [-0.05, 0) is 19.7 Å². The molecule has 0 spiro atoms. The van der Waals surface area contributed by atoms with Crippen LogP contribution in [0.2, 0.25) is 0 Å². The lowest BCUT2D eigenvalue weighted by Gasteiger charge is -2.15. The van der Waals surface area contributed by atoms with Crippen LogP contribution in [0.5, 0.6) is 0 Å². The van der Waals surface area contributed by atoms with Crippen LogP contribution in [0.4, 0.5) is 0 Å². The van der Waals surface area contributed by atoms with Crippen LogP contribution < -0.4 is 10.6 Å². The average Bonchev–Trinajstić information content (AvgIpc) is 2.30. The molecule has 2 nitrogen and oxygen atoms in total. The molecule has 1 rings (SSSR count). The second-order valence-electron chi connectivity index (χ2n) is 2.81. The van der Waals surface area contributed by atoms with Crippen LogP contribution in [-0.4, -0.2) is 20.6 Å². The van der Waals surface area contributed by atoms with Gasteiger partial charge in [-0.2, -0.15) is 0 Å². The van der Waals surface area contributed by atoms with Crippen molar-refractivity contribution < 1.29 is 0 Å². The van der Waals surface area contributed by atoms with Gasteiger partial charge in [-0.3, -0.25) is 0 Å². The SMILES string of the molecule is CC.CNCC(NC)c1ccccc1. The van der Waals surface area contributed by atoms with Crippen molar-refractivity contribution >= 4 is 0 Å². The van der Waals surface area contributed by atoms with Gasteiger partial charge in [-0.1, -0.05) is 44.2 Å². The van der Waals surface area contributed by atoms with Gasteiger partial charge in [0.05, 0.1) is 0 Å². The number of likely N-dealkylation sites (N-methyl/N-ethyl adjacent to an activating group) is 2. The first-order chi connectivity index (χ1) is 6.88. The number of nitrogens with one attached hydrogen (secondary N) is 2. The van der Waals surface area contributed by atoms with Crippen LogP contribution in [0, 0.1) is 0 Å². The van der Waals surface area contributed by atoms with Gasteiger partial charge < -0.3 is 10.6 Å². The van der Waals surface area contributed by atoms with Crippen LogP contribution in [0.25, 0.3) is 0 Å². The Balaban J connectivity index is 0.000000791. The van der Waals surface area contributed by atoms with E-state index in [9.17, 15) is 0 Å². The van der Waals surface area contributed by atoms with Gasteiger partial charge in [-0.15, -0.1) is 0 Å². The minimum atomic E-state index is 0.413. The van der Waals surface area contributed by atoms with Crippen molar-refractivity contribution in [3.63, 3.8) is 0 Å². The van der Waals surface area contributed by atoms with E-state index in [-0.39, 0.29) is 0 Å². The summed E-state index contributed by atoms with van der Waals surface area (Å²) >= 11 is 0. The molecule has 1 atom stereocenters. The minimum Gasteiger partial charge on any atom is -0.318 e. The van der Waals surface area contributed by atoms with Gasteiger partial charge in [-0.25, -0.2) is 0 Å². The lowest BCUT2D eigenvalue weighted by Crippen LogP contribution is -2.27. The van der Waals surface area contributed by atoms with E-state index in [4.69, 9.17) is 0 Å². The molecule has 0 amide bonds. The summed E-state index contributed by atoms with van der Waals surface area (Å²) in [6.45, 7) is 4.96. The van der Waals surface area contributed by atoms with Gasteiger partial charge in [0.15, 0.2) is 0 Å². The lowest BCUT2D eigenvalue weighted by atomic mass is 10.1. The predicted molar refractivity (Wildman–Crippen MR) is 63.5 cm³/mol. The molecule has 0 aliphatic heterocycles. The Labute approximate surface area is 87.7 Å². The molecule has 1 unspecified atom stereocenters. The van der Waals surface area contributed by atoms with Crippen molar-refractivity contribution in [3.8, 4) is 0 Å². The fraction of sp³-hybridized carbons (Fsp3) is 0.500. The van der Waals surface area contributed by atoms with Crippen LogP contribution in [0.15, 0.2) is 30.3 Å². The Kier molecular flexibility index (Phi) is 8.19. The Hall–Kier alpha value is -0.860. The fourth-order valence-electron chi connectivity index (χ4n) is 1.28. The molecule has 0 fully saturated rings. The molecule has 1 aromatic rings. The molecule has 0 aliphatic rings. The van der Waals surface area contributed by atoms with Crippen molar-refractivity contribution in [3.05, 3.63) is 35.9 Å². The second kappa shape index (κ2) is 8.73. The first kappa shape index (κ1) is 13.1. The van der Waals surface area contributed by atoms with Crippen LogP contribution in [0.1, 0.15) is 25.5 Å². The van der Waals surface area contributed by atoms with E-state index in [0.717, 1.165) is 6.54 Å². The Morgan fingerprint density at radius 2 is 1.64 bits per heavy atom. The largest absolute Gasteiger partial charge is 0.318 e. The molecule has 80 valence electrons. The summed E-state index contributed by atoms with van der Waals surface area (Å²) in [5, 5.41) is 6.41. The van der Waals surface area contributed by atoms with Crippen LogP contribution in [0.3, 0.4) is 0 Å². The fourth-order valence-corrected chi connectivity index (χ4v) is 1.28. The molecule has 0 saturated carbocycles. The molecule has 2 heteroatoms. The predicted octanol–water partition coefficient (Wildman–Crippen LogP) is 2.19. The van der Waals surface area contributed by atoms with E-state index in [2.05, 4.69) is 34.9 Å². The standard InChI is InChI=1S/C10H16N2.C2H6/c1-11-8-10(12-2)9-6-4-3-5-7-9;1-2/h3-7,10-12H,8H2,1-2H3;1-2H3. The molecule has 0 saturated heterocycles. The van der Waals surface area contributed by atoms with Crippen molar-refractivity contribution in [2.45, 2.75) is 19.9 Å². The van der Waals surface area contributed by atoms with E-state index in [1.807, 2.05) is 34.0 Å². The number of rotatable bonds is 4. The lowest BCUT2D eigenvalue weighted by molar-refractivity contribution is 0.558. The maximum atomic E-state index is 3.26. The highest BCUT2D eigenvalue weighted by molar-refractivity contribution is 5.18. The van der Waals surface area contributed by atoms with Crippen molar-refractivity contribution in [2.24, 2.45) is 0 Å². The highest BCUT2D eigenvalue weighted by Gasteiger charge is 2.05. The summed E-state index contributed by atoms with van der Waals surface area (Å²) < 4.78 is 0. The average molecular weight is 194 g/mol. The van der Waals surface area contributed by atoms with Crippen molar-refractivity contribution in [2.75, 3.05) is 20.6 Å². The molecule has 0 heterocycles. The van der Waals surface area contributed by atoms with Gasteiger partial charge >= 0.3 is 0 Å². The molecule has 0 radical (unpaired) electrons. The van der Waals surface area contributed by atoms with Crippen LogP contribution in [-0.2, 0) is 0 Å².